The second-order valence-electron chi connectivity index (χ2n) is 11.5. The monoisotopic (exact) mass is 621 g/mol. The Hall–Kier alpha value is -3.93. The summed E-state index contributed by atoms with van der Waals surface area (Å²) in [5.74, 6) is -0.221. The van der Waals surface area contributed by atoms with Gasteiger partial charge >= 0.3 is 5.97 Å². The van der Waals surface area contributed by atoms with Crippen molar-refractivity contribution < 1.29 is 28.1 Å². The number of fused-ring (bicyclic) bond motifs is 2. The number of para-hydroxylation sites is 1. The van der Waals surface area contributed by atoms with Gasteiger partial charge in [0.05, 0.1) is 37.1 Å². The predicted octanol–water partition coefficient (Wildman–Crippen LogP) is 5.33. The van der Waals surface area contributed by atoms with Crippen LogP contribution in [0.2, 0.25) is 5.02 Å². The highest BCUT2D eigenvalue weighted by Crippen LogP contribution is 2.50. The van der Waals surface area contributed by atoms with E-state index >= 15 is 0 Å². The molecule has 4 aromatic rings. The Balaban J connectivity index is 1.10. The Morgan fingerprint density at radius 1 is 1.14 bits per heavy atom. The molecule has 0 N–H and O–H groups in total. The molecular formula is C32H33ClFN5O5. The first kappa shape index (κ1) is 28.8. The van der Waals surface area contributed by atoms with Crippen LogP contribution in [0.4, 0.5) is 10.1 Å². The van der Waals surface area contributed by atoms with Crippen LogP contribution in [0.3, 0.4) is 0 Å². The molecule has 0 saturated carbocycles. The molecule has 230 valence electrons. The van der Waals surface area contributed by atoms with Gasteiger partial charge in [-0.05, 0) is 55.8 Å². The number of hydrogen-bond donors (Lipinski definition) is 0. The van der Waals surface area contributed by atoms with E-state index in [0.717, 1.165) is 56.2 Å². The Morgan fingerprint density at radius 2 is 1.93 bits per heavy atom. The van der Waals surface area contributed by atoms with E-state index < -0.39 is 17.6 Å². The highest BCUT2D eigenvalue weighted by molar-refractivity contribution is 6.30. The van der Waals surface area contributed by atoms with E-state index in [1.807, 2.05) is 24.3 Å². The number of anilines is 1. The van der Waals surface area contributed by atoms with Crippen molar-refractivity contribution in [3.05, 3.63) is 76.5 Å². The minimum Gasteiger partial charge on any atom is -0.464 e. The van der Waals surface area contributed by atoms with Crippen LogP contribution in [0.25, 0.3) is 11.2 Å². The van der Waals surface area contributed by atoms with Crippen molar-refractivity contribution in [3.63, 3.8) is 0 Å². The van der Waals surface area contributed by atoms with Crippen LogP contribution in [-0.2, 0) is 21.8 Å². The first-order valence-corrected chi connectivity index (χ1v) is 15.1. The third kappa shape index (κ3) is 5.02. The highest BCUT2D eigenvalue weighted by atomic mass is 35.5. The van der Waals surface area contributed by atoms with Crippen LogP contribution in [-0.4, -0.2) is 71.4 Å². The molecule has 7 rings (SSSR count). The highest BCUT2D eigenvalue weighted by Gasteiger charge is 2.43. The molecule has 3 atom stereocenters. The van der Waals surface area contributed by atoms with E-state index in [1.165, 1.54) is 13.2 Å². The van der Waals surface area contributed by atoms with E-state index in [0.29, 0.717) is 28.7 Å². The lowest BCUT2D eigenvalue weighted by Gasteiger charge is -2.39. The van der Waals surface area contributed by atoms with Crippen LogP contribution < -0.4 is 14.4 Å². The summed E-state index contributed by atoms with van der Waals surface area (Å²) >= 11 is 5.98. The standard InChI is InChI=1S/C32H33ClFN5O5/c1-19(29-35-24-9-10-25(31(40)41-3)36-30(24)39(29)18-21-11-16-42-21)37-12-14-38(15-13-37)26-5-4-6-27-28(26)44-32(2,43-27)22-8-7-20(33)17-23(22)34/h4-10,17,19,21H,11-16,18H2,1-3H3/t19?,21-,32?/m0/s1. The third-order valence-electron chi connectivity index (χ3n) is 8.75. The molecule has 2 saturated heterocycles. The number of aromatic nitrogens is 3. The first-order chi connectivity index (χ1) is 21.2. The number of ether oxygens (including phenoxy) is 4. The minimum absolute atomic E-state index is 0.00903. The van der Waals surface area contributed by atoms with Gasteiger partial charge in [0, 0.05) is 44.7 Å². The summed E-state index contributed by atoms with van der Waals surface area (Å²) in [6, 6.07) is 13.7. The van der Waals surface area contributed by atoms with Crippen LogP contribution in [0.1, 0.15) is 48.2 Å². The Morgan fingerprint density at radius 3 is 2.64 bits per heavy atom. The molecule has 2 unspecified atom stereocenters. The summed E-state index contributed by atoms with van der Waals surface area (Å²) in [7, 11) is 1.35. The molecule has 12 heteroatoms. The fraction of sp³-hybridized carbons (Fsp3) is 0.406. The van der Waals surface area contributed by atoms with Crippen molar-refractivity contribution in [2.45, 2.75) is 44.7 Å². The van der Waals surface area contributed by atoms with Crippen molar-refractivity contribution in [2.75, 3.05) is 44.8 Å². The maximum Gasteiger partial charge on any atom is 0.356 e. The number of rotatable bonds is 7. The zero-order valence-corrected chi connectivity index (χ0v) is 25.5. The second kappa shape index (κ2) is 11.2. The number of halogens is 2. The van der Waals surface area contributed by atoms with Gasteiger partial charge in [-0.3, -0.25) is 4.90 Å². The van der Waals surface area contributed by atoms with Gasteiger partial charge in [-0.15, -0.1) is 0 Å². The zero-order valence-electron chi connectivity index (χ0n) is 24.8. The fourth-order valence-corrected chi connectivity index (χ4v) is 6.37. The molecule has 0 radical (unpaired) electrons. The molecule has 5 heterocycles. The maximum absolute atomic E-state index is 14.8. The van der Waals surface area contributed by atoms with E-state index in [2.05, 4.69) is 26.3 Å². The number of nitrogens with zero attached hydrogens (tertiary/aromatic N) is 5. The molecule has 3 aliphatic heterocycles. The van der Waals surface area contributed by atoms with Gasteiger partial charge in [-0.1, -0.05) is 17.7 Å². The van der Waals surface area contributed by atoms with Gasteiger partial charge in [-0.25, -0.2) is 19.2 Å². The SMILES string of the molecule is COC(=O)c1ccc2nc(C(C)N3CCN(c4cccc5c4OC(C)(c4ccc(Cl)cc4F)O5)CC3)n(C[C@@H]3CCO3)c2n1. The lowest BCUT2D eigenvalue weighted by atomic mass is 10.1. The molecule has 10 nitrogen and oxygen atoms in total. The van der Waals surface area contributed by atoms with Crippen LogP contribution >= 0.6 is 11.6 Å². The van der Waals surface area contributed by atoms with Crippen molar-refractivity contribution in [2.24, 2.45) is 0 Å². The summed E-state index contributed by atoms with van der Waals surface area (Å²) in [6.45, 7) is 8.27. The van der Waals surface area contributed by atoms with E-state index in [-0.39, 0.29) is 23.4 Å². The second-order valence-corrected chi connectivity index (χ2v) is 11.9. The third-order valence-corrected chi connectivity index (χ3v) is 8.99. The molecule has 0 amide bonds. The quantitative estimate of drug-likeness (QED) is 0.254. The largest absolute Gasteiger partial charge is 0.464 e. The lowest BCUT2D eigenvalue weighted by molar-refractivity contribution is -0.0705. The van der Waals surface area contributed by atoms with Crippen LogP contribution in [0.15, 0.2) is 48.5 Å². The smallest absolute Gasteiger partial charge is 0.356 e. The van der Waals surface area contributed by atoms with Crippen molar-refractivity contribution in [3.8, 4) is 11.5 Å². The number of benzene rings is 2. The van der Waals surface area contributed by atoms with Gasteiger partial charge in [0.25, 0.3) is 5.79 Å². The molecule has 0 bridgehead atoms. The van der Waals surface area contributed by atoms with Crippen molar-refractivity contribution in [1.29, 1.82) is 0 Å². The van der Waals surface area contributed by atoms with E-state index in [1.54, 1.807) is 25.1 Å². The number of pyridine rings is 1. The molecule has 2 fully saturated rings. The van der Waals surface area contributed by atoms with Crippen molar-refractivity contribution in [1.82, 2.24) is 19.4 Å². The Labute approximate surface area is 259 Å². The van der Waals surface area contributed by atoms with Gasteiger partial charge in [0.15, 0.2) is 22.8 Å². The molecule has 44 heavy (non-hydrogen) atoms. The maximum atomic E-state index is 14.8. The number of methoxy groups -OCH3 is 1. The minimum atomic E-state index is -1.31. The lowest BCUT2D eigenvalue weighted by Crippen LogP contribution is -2.47. The van der Waals surface area contributed by atoms with Gasteiger partial charge in [0.2, 0.25) is 0 Å². The number of carbonyl (C=O) groups is 1. The predicted molar refractivity (Wildman–Crippen MR) is 162 cm³/mol. The summed E-state index contributed by atoms with van der Waals surface area (Å²) in [5.41, 5.74) is 2.82. The van der Waals surface area contributed by atoms with E-state index in [4.69, 9.17) is 35.5 Å². The molecule has 2 aromatic carbocycles. The molecule has 2 aromatic heterocycles. The number of imidazole rings is 1. The van der Waals surface area contributed by atoms with Gasteiger partial charge in [-0.2, -0.15) is 0 Å². The zero-order chi connectivity index (χ0) is 30.6. The number of carbonyl (C=O) groups excluding carboxylic acids is 1. The van der Waals surface area contributed by atoms with Crippen molar-refractivity contribution >= 4 is 34.4 Å². The van der Waals surface area contributed by atoms with Gasteiger partial charge in [0.1, 0.15) is 17.2 Å². The molecule has 3 aliphatic rings. The van der Waals surface area contributed by atoms with Crippen LogP contribution in [0, 0.1) is 5.82 Å². The Bertz CT molecular complexity index is 1740. The summed E-state index contributed by atoms with van der Waals surface area (Å²) < 4.78 is 40.1. The number of hydrogen-bond acceptors (Lipinski definition) is 9. The Kier molecular flexibility index (Phi) is 7.34. The van der Waals surface area contributed by atoms with Crippen LogP contribution in [0.5, 0.6) is 11.5 Å². The summed E-state index contributed by atoms with van der Waals surface area (Å²) in [6.07, 6.45) is 1.06. The summed E-state index contributed by atoms with van der Waals surface area (Å²) in [4.78, 5) is 26.5. The fourth-order valence-electron chi connectivity index (χ4n) is 6.21. The van der Waals surface area contributed by atoms with Gasteiger partial charge < -0.3 is 28.4 Å². The van der Waals surface area contributed by atoms with E-state index in [9.17, 15) is 9.18 Å². The summed E-state index contributed by atoms with van der Waals surface area (Å²) in [5, 5.41) is 0.312. The average Bonchev–Trinajstić information content (AvgIpc) is 3.55. The molecule has 0 spiro atoms. The first-order valence-electron chi connectivity index (χ1n) is 14.8. The molecular weight excluding hydrogens is 589 g/mol. The average molecular weight is 622 g/mol. The number of piperazine rings is 1. The molecule has 0 aliphatic carbocycles. The number of esters is 1. The normalized spacial score (nSPS) is 22.2. The topological polar surface area (TPSA) is 91.2 Å².